The second-order valence-electron chi connectivity index (χ2n) is 6.55. The lowest BCUT2D eigenvalue weighted by Crippen LogP contribution is -2.26. The number of hydrogen-bond acceptors (Lipinski definition) is 5. The third-order valence-electron chi connectivity index (χ3n) is 3.41. The van der Waals surface area contributed by atoms with Crippen LogP contribution >= 0.6 is 0 Å². The number of anilines is 2. The molecule has 1 aromatic carbocycles. The lowest BCUT2D eigenvalue weighted by molar-refractivity contribution is 0.630. The average molecular weight is 307 g/mol. The largest absolute Gasteiger partial charge is 0.373 e. The highest BCUT2D eigenvalue weighted by molar-refractivity contribution is 5.88. The summed E-state index contributed by atoms with van der Waals surface area (Å²) in [5, 5.41) is 8.64. The normalized spacial score (nSPS) is 11.5. The van der Waals surface area contributed by atoms with E-state index < -0.39 is 0 Å². The molecule has 0 fully saturated rings. The first-order chi connectivity index (χ1) is 10.9. The summed E-state index contributed by atoms with van der Waals surface area (Å²) in [6.07, 6.45) is 5.40. The van der Waals surface area contributed by atoms with Gasteiger partial charge in [0, 0.05) is 29.7 Å². The van der Waals surface area contributed by atoms with Crippen molar-refractivity contribution in [2.75, 3.05) is 17.7 Å². The summed E-state index contributed by atoms with van der Waals surface area (Å²) in [4.78, 5) is 13.3. The van der Waals surface area contributed by atoms with Crippen LogP contribution in [0, 0.1) is 0 Å². The average Bonchev–Trinajstić information content (AvgIpc) is 2.52. The minimum atomic E-state index is -0.0515. The van der Waals surface area contributed by atoms with E-state index in [1.54, 1.807) is 12.4 Å². The highest BCUT2D eigenvalue weighted by Gasteiger charge is 2.11. The molecule has 0 aliphatic carbocycles. The van der Waals surface area contributed by atoms with E-state index in [0.29, 0.717) is 0 Å². The van der Waals surface area contributed by atoms with Crippen molar-refractivity contribution in [3.05, 3.63) is 42.9 Å². The summed E-state index contributed by atoms with van der Waals surface area (Å²) in [5.41, 5.74) is 1.84. The van der Waals surface area contributed by atoms with E-state index in [0.717, 1.165) is 33.7 Å². The highest BCUT2D eigenvalue weighted by Crippen LogP contribution is 2.25. The molecule has 2 heterocycles. The summed E-state index contributed by atoms with van der Waals surface area (Å²) in [6.45, 7) is 6.30. The van der Waals surface area contributed by atoms with Crippen LogP contribution in [0.4, 0.5) is 11.6 Å². The minimum Gasteiger partial charge on any atom is -0.373 e. The first-order valence-corrected chi connectivity index (χ1v) is 7.63. The molecule has 0 bridgehead atoms. The van der Waals surface area contributed by atoms with E-state index in [1.807, 2.05) is 25.4 Å². The Morgan fingerprint density at radius 3 is 2.48 bits per heavy atom. The maximum absolute atomic E-state index is 4.67. The molecule has 0 aliphatic rings. The molecule has 0 unspecified atom stereocenters. The topological polar surface area (TPSA) is 62.7 Å². The first-order valence-electron chi connectivity index (χ1n) is 7.63. The van der Waals surface area contributed by atoms with Crippen LogP contribution in [0.3, 0.4) is 0 Å². The number of hydrogen-bond donors (Lipinski definition) is 2. The summed E-state index contributed by atoms with van der Waals surface area (Å²) < 4.78 is 0. The van der Waals surface area contributed by atoms with Crippen molar-refractivity contribution >= 4 is 22.4 Å². The molecule has 23 heavy (non-hydrogen) atoms. The fraction of sp³-hybridized carbons (Fsp3) is 0.278. The van der Waals surface area contributed by atoms with Crippen molar-refractivity contribution in [1.82, 2.24) is 15.0 Å². The van der Waals surface area contributed by atoms with Crippen LogP contribution in [-0.4, -0.2) is 27.5 Å². The Labute approximate surface area is 136 Å². The molecule has 0 radical (unpaired) electrons. The minimum absolute atomic E-state index is 0.0515. The number of nitrogens with one attached hydrogen (secondary N) is 2. The number of nitrogens with zero attached hydrogens (tertiary/aromatic N) is 3. The number of benzene rings is 1. The lowest BCUT2D eigenvalue weighted by atomic mass is 10.1. The molecule has 5 nitrogen and oxygen atoms in total. The van der Waals surface area contributed by atoms with Crippen molar-refractivity contribution < 1.29 is 0 Å². The van der Waals surface area contributed by atoms with E-state index in [9.17, 15) is 0 Å². The zero-order valence-electron chi connectivity index (χ0n) is 13.9. The van der Waals surface area contributed by atoms with Gasteiger partial charge in [0.2, 0.25) is 0 Å². The van der Waals surface area contributed by atoms with Crippen molar-refractivity contribution in [2.45, 2.75) is 26.3 Å². The van der Waals surface area contributed by atoms with Crippen LogP contribution in [0.1, 0.15) is 20.8 Å². The molecule has 0 saturated carbocycles. The molecule has 0 amide bonds. The second-order valence-corrected chi connectivity index (χ2v) is 6.55. The molecule has 0 spiro atoms. The Bertz CT molecular complexity index is 836. The van der Waals surface area contributed by atoms with Gasteiger partial charge in [0.25, 0.3) is 0 Å². The highest BCUT2D eigenvalue weighted by atomic mass is 15.1. The summed E-state index contributed by atoms with van der Waals surface area (Å²) in [5.74, 6) is 1.63. The van der Waals surface area contributed by atoms with Gasteiger partial charge in [-0.2, -0.15) is 0 Å². The molecular weight excluding hydrogens is 286 g/mol. The van der Waals surface area contributed by atoms with Crippen LogP contribution < -0.4 is 10.6 Å². The fourth-order valence-corrected chi connectivity index (χ4v) is 2.39. The maximum Gasteiger partial charge on any atom is 0.145 e. The lowest BCUT2D eigenvalue weighted by Gasteiger charge is -2.21. The van der Waals surface area contributed by atoms with Gasteiger partial charge in [-0.25, -0.2) is 9.97 Å². The Morgan fingerprint density at radius 2 is 1.74 bits per heavy atom. The number of pyridine rings is 1. The molecule has 2 aromatic heterocycles. The fourth-order valence-electron chi connectivity index (χ4n) is 2.39. The van der Waals surface area contributed by atoms with Gasteiger partial charge in [0.15, 0.2) is 0 Å². The predicted octanol–water partition coefficient (Wildman–Crippen LogP) is 3.94. The van der Waals surface area contributed by atoms with Gasteiger partial charge in [-0.15, -0.1) is 0 Å². The van der Waals surface area contributed by atoms with Crippen LogP contribution in [-0.2, 0) is 0 Å². The SMILES string of the molecule is CNc1cc2cc(-c3cncc(NC(C)(C)C)n3)ccc2cn1. The third kappa shape index (κ3) is 3.56. The van der Waals surface area contributed by atoms with E-state index in [-0.39, 0.29) is 5.54 Å². The van der Waals surface area contributed by atoms with Gasteiger partial charge < -0.3 is 10.6 Å². The quantitative estimate of drug-likeness (QED) is 0.767. The van der Waals surface area contributed by atoms with Crippen LogP contribution in [0.15, 0.2) is 42.9 Å². The Kier molecular flexibility index (Phi) is 3.86. The molecule has 0 atom stereocenters. The van der Waals surface area contributed by atoms with Gasteiger partial charge in [-0.3, -0.25) is 4.98 Å². The first kappa shape index (κ1) is 15.2. The monoisotopic (exact) mass is 307 g/mol. The van der Waals surface area contributed by atoms with E-state index in [1.165, 1.54) is 0 Å². The molecule has 3 rings (SSSR count). The Morgan fingerprint density at radius 1 is 0.913 bits per heavy atom. The van der Waals surface area contributed by atoms with Gasteiger partial charge in [0.05, 0.1) is 18.1 Å². The molecule has 0 aliphatic heterocycles. The Hall–Kier alpha value is -2.69. The number of fused-ring (bicyclic) bond motifs is 1. The summed E-state index contributed by atoms with van der Waals surface area (Å²) in [6, 6.07) is 8.25. The van der Waals surface area contributed by atoms with E-state index >= 15 is 0 Å². The number of rotatable bonds is 3. The van der Waals surface area contributed by atoms with E-state index in [4.69, 9.17) is 0 Å². The molecule has 0 saturated heterocycles. The maximum atomic E-state index is 4.67. The van der Waals surface area contributed by atoms with Crippen LogP contribution in [0.25, 0.3) is 22.0 Å². The van der Waals surface area contributed by atoms with Gasteiger partial charge >= 0.3 is 0 Å². The molecule has 118 valence electrons. The van der Waals surface area contributed by atoms with Crippen molar-refractivity contribution in [3.8, 4) is 11.3 Å². The number of aromatic nitrogens is 3. The molecule has 2 N–H and O–H groups in total. The smallest absolute Gasteiger partial charge is 0.145 e. The third-order valence-corrected chi connectivity index (χ3v) is 3.41. The van der Waals surface area contributed by atoms with Crippen LogP contribution in [0.2, 0.25) is 0 Å². The zero-order valence-corrected chi connectivity index (χ0v) is 13.9. The Balaban J connectivity index is 2.01. The van der Waals surface area contributed by atoms with Gasteiger partial charge in [-0.1, -0.05) is 12.1 Å². The zero-order chi connectivity index (χ0) is 16.4. The summed E-state index contributed by atoms with van der Waals surface area (Å²) in [7, 11) is 1.87. The van der Waals surface area contributed by atoms with Crippen LogP contribution in [0.5, 0.6) is 0 Å². The van der Waals surface area contributed by atoms with Gasteiger partial charge in [-0.05, 0) is 38.3 Å². The van der Waals surface area contributed by atoms with Gasteiger partial charge in [0.1, 0.15) is 11.6 Å². The van der Waals surface area contributed by atoms with E-state index in [2.05, 4.69) is 58.5 Å². The van der Waals surface area contributed by atoms with Crippen molar-refractivity contribution in [3.63, 3.8) is 0 Å². The second kappa shape index (κ2) is 5.83. The molecular formula is C18H21N5. The molecule has 5 heteroatoms. The summed E-state index contributed by atoms with van der Waals surface area (Å²) >= 11 is 0. The standard InChI is InChI=1S/C18H21N5/c1-18(2,3)23-17-11-20-10-15(22-17)12-5-6-13-9-21-16(19-4)8-14(13)7-12/h5-11H,1-4H3,(H,19,21)(H,22,23). The molecule has 3 aromatic rings. The van der Waals surface area contributed by atoms with Crippen molar-refractivity contribution in [2.24, 2.45) is 0 Å². The van der Waals surface area contributed by atoms with Crippen molar-refractivity contribution in [1.29, 1.82) is 0 Å². The predicted molar refractivity (Wildman–Crippen MR) is 95.7 cm³/mol.